The van der Waals surface area contributed by atoms with Gasteiger partial charge in [0.05, 0.1) is 49.3 Å². The van der Waals surface area contributed by atoms with Crippen LogP contribution in [0.2, 0.25) is 0 Å². The number of carbonyl (C=O) groups excluding carboxylic acids is 5. The van der Waals surface area contributed by atoms with Gasteiger partial charge in [0.2, 0.25) is 17.7 Å². The van der Waals surface area contributed by atoms with E-state index in [4.69, 9.17) is 19.4 Å². The molecule has 2 aromatic rings. The lowest BCUT2D eigenvalue weighted by atomic mass is 9.87. The summed E-state index contributed by atoms with van der Waals surface area (Å²) in [6.07, 6.45) is 8.70. The summed E-state index contributed by atoms with van der Waals surface area (Å²) >= 11 is 0. The van der Waals surface area contributed by atoms with Crippen LogP contribution in [-0.2, 0) is 49.5 Å². The second-order valence-electron chi connectivity index (χ2n) is 19.8. The molecule has 0 bridgehead atoms. The highest BCUT2D eigenvalue weighted by atomic mass is 16.7. The van der Waals surface area contributed by atoms with Crippen molar-refractivity contribution in [2.45, 2.75) is 197 Å². The van der Waals surface area contributed by atoms with Gasteiger partial charge in [-0.2, -0.15) is 0 Å². The lowest BCUT2D eigenvalue weighted by Crippen LogP contribution is -2.55. The van der Waals surface area contributed by atoms with Gasteiger partial charge < -0.3 is 35.1 Å². The third-order valence-electron chi connectivity index (χ3n) is 14.1. The van der Waals surface area contributed by atoms with E-state index in [9.17, 15) is 28.8 Å². The number of para-hydroxylation sites is 1. The maximum absolute atomic E-state index is 13.9. The maximum Gasteiger partial charge on any atom is 0.303 e. The number of aromatic amines is 1. The summed E-state index contributed by atoms with van der Waals surface area (Å²) in [6.45, 7) is 27.9. The van der Waals surface area contributed by atoms with Gasteiger partial charge in [-0.05, 0) is 94.3 Å². The fourth-order valence-electron chi connectivity index (χ4n) is 9.71. The highest BCUT2D eigenvalue weighted by molar-refractivity contribution is 5.91. The maximum atomic E-state index is 13.9. The minimum absolute atomic E-state index is 0.0267. The molecule has 4 rings (SSSR count). The van der Waals surface area contributed by atoms with Crippen molar-refractivity contribution in [1.82, 2.24) is 30.5 Å². The summed E-state index contributed by atoms with van der Waals surface area (Å²) in [6, 6.07) is 6.11. The Morgan fingerprint density at radius 1 is 0.861 bits per heavy atom. The first-order valence-corrected chi connectivity index (χ1v) is 27.1. The zero-order valence-electron chi connectivity index (χ0n) is 47.3. The topological polar surface area (TPSA) is 200 Å². The Balaban J connectivity index is 0.000000787. The predicted molar refractivity (Wildman–Crippen MR) is 287 cm³/mol. The molecule has 2 aliphatic rings. The first-order valence-electron chi connectivity index (χ1n) is 27.1. The number of ether oxygens (including phenoxy) is 2. The van der Waals surface area contributed by atoms with Gasteiger partial charge in [0.1, 0.15) is 6.04 Å². The lowest BCUT2D eigenvalue weighted by molar-refractivity contribution is -0.199. The van der Waals surface area contributed by atoms with Gasteiger partial charge in [-0.1, -0.05) is 114 Å². The number of rotatable bonds is 26. The van der Waals surface area contributed by atoms with Crippen LogP contribution < -0.4 is 10.6 Å². The molecule has 7 unspecified atom stereocenters. The zero-order valence-corrected chi connectivity index (χ0v) is 47.3. The SMILES string of the molecule is CC.CC.CC(=O)[C@@H](NC(=O)C(C(C)C)N(C)CCCCCC(=O)O)C(C)C.CCC(C)C(C)C(CC(=O)N1CCCC1C(OC)C(C)C(=O)N[C@@H](Cc1c[nH]c2ccccc12)C(=O)N1CCCCO1)OC. The molecule has 9 atom stereocenters. The number of carboxylic acid groups (broad SMARTS) is 1. The van der Waals surface area contributed by atoms with Crippen LogP contribution in [-0.4, -0.2) is 144 Å². The number of nitrogens with one attached hydrogen (secondary N) is 3. The second kappa shape index (κ2) is 34.9. The number of Topliss-reactive ketones (excluding diaryl/α,β-unsaturated/α-hetero) is 1. The molecule has 0 saturated carbocycles. The Morgan fingerprint density at radius 2 is 1.53 bits per heavy atom. The van der Waals surface area contributed by atoms with Crippen LogP contribution >= 0.6 is 0 Å². The van der Waals surface area contributed by atoms with E-state index >= 15 is 0 Å². The number of nitrogens with zero attached hydrogens (tertiary/aromatic N) is 3. The standard InChI is InChI=1S/C34H52N4O6.C18H34N2O4.2C2H6/c1-7-22(2)23(3)30(42-5)20-31(39)37-16-12-15-29(37)32(43-6)24(4)33(40)36-28(34(41)38-17-10-11-18-44-38)19-25-21-35-27-14-9-8-13-26(25)27;1-12(2)16(14(5)21)19-18(24)17(13(3)4)20(6)11-9-7-8-10-15(22)23;2*1-2/h8-9,13-14,21-24,28-30,32,35H,7,10-12,15-20H2,1-6H3,(H,36,40);12-13,16-17H,7-11H2,1-6H3,(H,19,24)(H,22,23);2*1-2H3/t22?,23?,24?,28-,29?,30?,32?;16-,17?;;/m00../s1. The number of ketones is 1. The van der Waals surface area contributed by atoms with Crippen LogP contribution in [0.3, 0.4) is 0 Å². The summed E-state index contributed by atoms with van der Waals surface area (Å²) < 4.78 is 11.7. The highest BCUT2D eigenvalue weighted by Crippen LogP contribution is 2.30. The summed E-state index contributed by atoms with van der Waals surface area (Å²) in [4.78, 5) is 88.8. The average Bonchev–Trinajstić information content (AvgIpc) is 4.03. The third-order valence-corrected chi connectivity index (χ3v) is 14.1. The van der Waals surface area contributed by atoms with Crippen molar-refractivity contribution in [2.24, 2.45) is 29.6 Å². The Bertz CT molecular complexity index is 1900. The molecule has 4 N–H and O–H groups in total. The van der Waals surface area contributed by atoms with Gasteiger partial charge in [-0.25, -0.2) is 5.06 Å². The third kappa shape index (κ3) is 20.5. The van der Waals surface area contributed by atoms with Crippen LogP contribution in [0.1, 0.15) is 160 Å². The van der Waals surface area contributed by atoms with Gasteiger partial charge in [0.15, 0.2) is 5.78 Å². The molecule has 0 aliphatic carbocycles. The van der Waals surface area contributed by atoms with E-state index in [1.165, 1.54) is 12.0 Å². The van der Waals surface area contributed by atoms with Crippen molar-refractivity contribution in [1.29, 1.82) is 0 Å². The molecular weight excluding hydrogens is 917 g/mol. The molecule has 1 aromatic carbocycles. The van der Waals surface area contributed by atoms with E-state index in [-0.39, 0.29) is 71.8 Å². The van der Waals surface area contributed by atoms with Gasteiger partial charge in [-0.15, -0.1) is 0 Å². The predicted octanol–water partition coefficient (Wildman–Crippen LogP) is 8.85. The first kappa shape index (κ1) is 65.6. The molecule has 2 saturated heterocycles. The van der Waals surface area contributed by atoms with Crippen LogP contribution in [0.15, 0.2) is 30.5 Å². The van der Waals surface area contributed by atoms with Crippen LogP contribution in [0, 0.1) is 29.6 Å². The number of carbonyl (C=O) groups is 6. The van der Waals surface area contributed by atoms with Gasteiger partial charge in [-0.3, -0.25) is 38.5 Å². The molecule has 4 amide bonds. The van der Waals surface area contributed by atoms with Gasteiger partial charge in [0.25, 0.3) is 5.91 Å². The van der Waals surface area contributed by atoms with Crippen molar-refractivity contribution in [3.05, 3.63) is 36.0 Å². The Hall–Kier alpha value is -4.38. The van der Waals surface area contributed by atoms with Crippen molar-refractivity contribution in [2.75, 3.05) is 47.5 Å². The van der Waals surface area contributed by atoms with Crippen LogP contribution in [0.5, 0.6) is 0 Å². The van der Waals surface area contributed by atoms with E-state index in [1.807, 2.05) is 110 Å². The molecular formula is C56H98N6O10. The molecule has 2 aliphatic heterocycles. The summed E-state index contributed by atoms with van der Waals surface area (Å²) in [5.74, 6) is -1.18. The molecule has 72 heavy (non-hydrogen) atoms. The van der Waals surface area contributed by atoms with Crippen molar-refractivity contribution >= 4 is 46.3 Å². The van der Waals surface area contributed by atoms with Gasteiger partial charge >= 0.3 is 5.97 Å². The summed E-state index contributed by atoms with van der Waals surface area (Å²) in [5, 5.41) is 17.0. The number of amides is 4. The highest BCUT2D eigenvalue weighted by Gasteiger charge is 2.42. The normalized spacial score (nSPS) is 18.0. The number of hydrogen-bond donors (Lipinski definition) is 4. The fraction of sp³-hybridized carbons (Fsp3) is 0.750. The molecule has 0 radical (unpaired) electrons. The fourth-order valence-corrected chi connectivity index (χ4v) is 9.71. The molecule has 0 spiro atoms. The second-order valence-corrected chi connectivity index (χ2v) is 19.8. The number of likely N-dealkylation sites (N-methyl/N-ethyl adjacent to an activating group) is 1. The van der Waals surface area contributed by atoms with Crippen LogP contribution in [0.4, 0.5) is 0 Å². The smallest absolute Gasteiger partial charge is 0.303 e. The van der Waals surface area contributed by atoms with E-state index in [0.29, 0.717) is 44.9 Å². The zero-order chi connectivity index (χ0) is 54.7. The van der Waals surface area contributed by atoms with E-state index in [1.54, 1.807) is 14.2 Å². The lowest BCUT2D eigenvalue weighted by Gasteiger charge is -2.36. The Labute approximate surface area is 433 Å². The van der Waals surface area contributed by atoms with Crippen LogP contribution in [0.25, 0.3) is 10.9 Å². The molecule has 1 aromatic heterocycles. The minimum atomic E-state index is -0.814. The number of fused-ring (bicyclic) bond motifs is 1. The molecule has 16 nitrogen and oxygen atoms in total. The summed E-state index contributed by atoms with van der Waals surface area (Å²) in [7, 11) is 5.17. The molecule has 16 heteroatoms. The number of hydroxylamine groups is 2. The largest absolute Gasteiger partial charge is 0.481 e. The number of benzene rings is 1. The van der Waals surface area contributed by atoms with E-state index in [0.717, 1.165) is 68.0 Å². The van der Waals surface area contributed by atoms with Crippen molar-refractivity contribution in [3.8, 4) is 0 Å². The van der Waals surface area contributed by atoms with Crippen molar-refractivity contribution in [3.63, 3.8) is 0 Å². The molecule has 412 valence electrons. The number of aromatic nitrogens is 1. The number of aliphatic carboxylic acids is 1. The van der Waals surface area contributed by atoms with Crippen molar-refractivity contribution < 1.29 is 48.2 Å². The average molecular weight is 1020 g/mol. The Morgan fingerprint density at radius 3 is 2.08 bits per heavy atom. The molecule has 2 fully saturated rings. The number of carboxylic acids is 1. The summed E-state index contributed by atoms with van der Waals surface area (Å²) in [5.41, 5.74) is 1.92. The minimum Gasteiger partial charge on any atom is -0.481 e. The Kier molecular flexibility index (Phi) is 31.8. The number of hydrogen-bond acceptors (Lipinski definition) is 10. The monoisotopic (exact) mass is 1010 g/mol. The number of methoxy groups -OCH3 is 2. The molecule has 3 heterocycles. The van der Waals surface area contributed by atoms with E-state index in [2.05, 4.69) is 36.4 Å². The number of H-pyrrole nitrogens is 1. The van der Waals surface area contributed by atoms with E-state index < -0.39 is 30.1 Å². The number of likely N-dealkylation sites (tertiary alicyclic amines) is 1. The quantitative estimate of drug-likeness (QED) is 0.0657. The first-order chi connectivity index (χ1) is 34.3. The van der Waals surface area contributed by atoms with Gasteiger partial charge in [0, 0.05) is 57.3 Å². The number of unbranched alkanes of at least 4 members (excludes halogenated alkanes) is 2.